The molecule has 1 aromatic carbocycles. The molecule has 1 saturated carbocycles. The lowest BCUT2D eigenvalue weighted by atomic mass is 9.30. The third-order valence-corrected chi connectivity index (χ3v) is 9.85. The molecule has 3 heterocycles. The Morgan fingerprint density at radius 3 is 2.83 bits per heavy atom. The average Bonchev–Trinajstić information content (AvgIpc) is 3.05. The summed E-state index contributed by atoms with van der Waals surface area (Å²) in [7, 11) is 5.64. The molecule has 3 spiro atoms. The second-order valence-corrected chi connectivity index (χ2v) is 10.3. The minimum absolute atomic E-state index is 0.174. The highest BCUT2D eigenvalue weighted by atomic mass is 16.6. The first kappa shape index (κ1) is 17.6. The number of esters is 1. The molecular weight excluding hydrogens is 382 g/mol. The van der Waals surface area contributed by atoms with Crippen molar-refractivity contribution in [3.63, 3.8) is 0 Å². The number of likely N-dealkylation sites (tertiary alicyclic amines) is 1. The Morgan fingerprint density at radius 2 is 2.07 bits per heavy atom. The molecule has 0 amide bonds. The molecule has 3 aliphatic heterocycles. The highest BCUT2D eigenvalue weighted by Gasteiger charge is 2.90. The zero-order valence-corrected chi connectivity index (χ0v) is 17.9. The quantitative estimate of drug-likeness (QED) is 0.552. The Kier molecular flexibility index (Phi) is 2.78. The van der Waals surface area contributed by atoms with Crippen LogP contribution in [-0.4, -0.2) is 62.5 Å². The number of benzene rings is 1. The molecule has 0 radical (unpaired) electrons. The topological polar surface area (TPSA) is 57.2 Å². The van der Waals surface area contributed by atoms with Crippen molar-refractivity contribution in [3.8, 4) is 11.5 Å². The zero-order chi connectivity index (χ0) is 20.7. The number of methoxy groups -OCH3 is 2. The van der Waals surface area contributed by atoms with Gasteiger partial charge >= 0.3 is 5.97 Å². The fourth-order valence-corrected chi connectivity index (χ4v) is 8.85. The van der Waals surface area contributed by atoms with Crippen LogP contribution in [0.4, 0.5) is 0 Å². The molecular formula is C24H27NO5. The van der Waals surface area contributed by atoms with Gasteiger partial charge in [-0.2, -0.15) is 0 Å². The van der Waals surface area contributed by atoms with Crippen LogP contribution in [0.25, 0.3) is 0 Å². The van der Waals surface area contributed by atoms with Gasteiger partial charge in [0.2, 0.25) is 0 Å². The number of hydrogen-bond acceptors (Lipinski definition) is 6. The van der Waals surface area contributed by atoms with Gasteiger partial charge in [-0.3, -0.25) is 4.79 Å². The summed E-state index contributed by atoms with van der Waals surface area (Å²) in [6.07, 6.45) is 7.13. The first-order chi connectivity index (χ1) is 14.4. The maximum absolute atomic E-state index is 13.3. The molecule has 4 aliphatic carbocycles. The Labute approximate surface area is 176 Å². The molecule has 6 nitrogen and oxygen atoms in total. The van der Waals surface area contributed by atoms with Crippen LogP contribution in [0.2, 0.25) is 0 Å². The summed E-state index contributed by atoms with van der Waals surface area (Å²) in [5.41, 5.74) is -0.389. The summed E-state index contributed by atoms with van der Waals surface area (Å²) in [6.45, 7) is 3.20. The van der Waals surface area contributed by atoms with Crippen molar-refractivity contribution in [2.75, 3.05) is 34.4 Å². The van der Waals surface area contributed by atoms with Crippen molar-refractivity contribution >= 4 is 5.97 Å². The number of piperidine rings is 1. The van der Waals surface area contributed by atoms with Crippen LogP contribution in [0.5, 0.6) is 11.5 Å². The molecule has 0 aromatic heterocycles. The first-order valence-corrected chi connectivity index (χ1v) is 10.9. The second-order valence-electron chi connectivity index (χ2n) is 10.3. The van der Waals surface area contributed by atoms with Crippen LogP contribution in [0.15, 0.2) is 24.3 Å². The minimum atomic E-state index is -0.879. The maximum Gasteiger partial charge on any atom is 0.315 e. The molecule has 1 aromatic rings. The Hall–Kier alpha value is -2.05. The van der Waals surface area contributed by atoms with E-state index >= 15 is 0 Å². The number of nitrogens with zero attached hydrogens (tertiary/aromatic N) is 1. The number of hydrogen-bond donors (Lipinski definition) is 0. The molecule has 158 valence electrons. The van der Waals surface area contributed by atoms with Crippen molar-refractivity contribution in [2.24, 2.45) is 10.8 Å². The summed E-state index contributed by atoms with van der Waals surface area (Å²) in [5, 5.41) is 0. The second kappa shape index (κ2) is 4.73. The van der Waals surface area contributed by atoms with Gasteiger partial charge in [-0.15, -0.1) is 0 Å². The van der Waals surface area contributed by atoms with Crippen LogP contribution in [0.1, 0.15) is 30.9 Å². The smallest absolute Gasteiger partial charge is 0.315 e. The van der Waals surface area contributed by atoms with Gasteiger partial charge in [-0.25, -0.2) is 0 Å². The predicted molar refractivity (Wildman–Crippen MR) is 108 cm³/mol. The summed E-state index contributed by atoms with van der Waals surface area (Å²) in [4.78, 5) is 15.8. The van der Waals surface area contributed by atoms with E-state index in [0.29, 0.717) is 12.5 Å². The summed E-state index contributed by atoms with van der Waals surface area (Å²) < 4.78 is 25.1. The van der Waals surface area contributed by atoms with Gasteiger partial charge in [0.15, 0.2) is 17.1 Å². The lowest BCUT2D eigenvalue weighted by Crippen LogP contribution is -2.90. The van der Waals surface area contributed by atoms with Crippen molar-refractivity contribution in [2.45, 2.75) is 48.8 Å². The molecule has 2 saturated heterocycles. The third-order valence-electron chi connectivity index (χ3n) is 9.85. The molecule has 8 rings (SSSR count). The molecule has 7 aliphatic rings. The molecule has 30 heavy (non-hydrogen) atoms. The third kappa shape index (κ3) is 1.29. The van der Waals surface area contributed by atoms with Crippen molar-refractivity contribution in [3.05, 3.63) is 35.4 Å². The highest BCUT2D eigenvalue weighted by Crippen LogP contribution is 2.81. The van der Waals surface area contributed by atoms with Crippen LogP contribution in [0, 0.1) is 10.8 Å². The fourth-order valence-electron chi connectivity index (χ4n) is 8.85. The van der Waals surface area contributed by atoms with Crippen molar-refractivity contribution < 1.29 is 23.7 Å². The fraction of sp³-hybridized carbons (Fsp3) is 0.625. The standard InChI is InChI=1S/C24H27NO5/c1-20-12-21-7-8-23(20,28-4)24(13-29-19(20)26)22(21)9-10-25(2)16(21)11-14-5-6-15(27-3)18(30-24)17(14)22/h5-8,16H,9-13H2,1-4H3/t16?,20?,21?,22-,23?,24?/m1/s1. The van der Waals surface area contributed by atoms with Gasteiger partial charge in [0.1, 0.15) is 17.6 Å². The Morgan fingerprint density at radius 1 is 1.23 bits per heavy atom. The zero-order valence-electron chi connectivity index (χ0n) is 17.9. The number of carbonyl (C=O) groups is 1. The highest BCUT2D eigenvalue weighted by molar-refractivity contribution is 5.84. The SMILES string of the molecule is COc1ccc2c3c1OC14COC(=O)C5(C)CC6(C=CC51OC)C(C2)N(C)CC[C@@]364. The van der Waals surface area contributed by atoms with E-state index in [2.05, 4.69) is 30.2 Å². The van der Waals surface area contributed by atoms with E-state index in [9.17, 15) is 4.79 Å². The largest absolute Gasteiger partial charge is 0.493 e. The van der Waals surface area contributed by atoms with E-state index in [0.717, 1.165) is 30.9 Å². The molecule has 6 bridgehead atoms. The van der Waals surface area contributed by atoms with Gasteiger partial charge < -0.3 is 23.8 Å². The lowest BCUT2D eigenvalue weighted by Gasteiger charge is -2.77. The summed E-state index contributed by atoms with van der Waals surface area (Å²) in [5.74, 6) is 1.41. The molecule has 6 heteroatoms. The van der Waals surface area contributed by atoms with Gasteiger partial charge in [-0.05, 0) is 51.4 Å². The lowest BCUT2D eigenvalue weighted by molar-refractivity contribution is -0.322. The van der Waals surface area contributed by atoms with E-state index in [1.807, 2.05) is 13.0 Å². The monoisotopic (exact) mass is 409 g/mol. The number of rotatable bonds is 2. The first-order valence-electron chi connectivity index (χ1n) is 10.9. The Balaban J connectivity index is 1.67. The summed E-state index contributed by atoms with van der Waals surface area (Å²) >= 11 is 0. The van der Waals surface area contributed by atoms with E-state index < -0.39 is 16.6 Å². The number of likely N-dealkylation sites (N-methyl/N-ethyl adjacent to an activating group) is 1. The van der Waals surface area contributed by atoms with Gasteiger partial charge in [0.25, 0.3) is 0 Å². The number of ether oxygens (including phenoxy) is 4. The normalized spacial score (nSPS) is 48.8. The molecule has 3 fully saturated rings. The van der Waals surface area contributed by atoms with Gasteiger partial charge in [-0.1, -0.05) is 18.2 Å². The van der Waals surface area contributed by atoms with E-state index in [4.69, 9.17) is 18.9 Å². The molecule has 5 unspecified atom stereocenters. The minimum Gasteiger partial charge on any atom is -0.493 e. The summed E-state index contributed by atoms with van der Waals surface area (Å²) in [6, 6.07) is 4.54. The van der Waals surface area contributed by atoms with Crippen LogP contribution >= 0.6 is 0 Å². The molecule has 0 N–H and O–H groups in total. The molecule has 6 atom stereocenters. The maximum atomic E-state index is 13.3. The van der Waals surface area contributed by atoms with Crippen LogP contribution < -0.4 is 9.47 Å². The average molecular weight is 409 g/mol. The van der Waals surface area contributed by atoms with Crippen molar-refractivity contribution in [1.29, 1.82) is 0 Å². The van der Waals surface area contributed by atoms with Crippen molar-refractivity contribution in [1.82, 2.24) is 4.90 Å². The van der Waals surface area contributed by atoms with E-state index in [1.165, 1.54) is 11.1 Å². The van der Waals surface area contributed by atoms with E-state index in [1.54, 1.807) is 14.2 Å². The van der Waals surface area contributed by atoms with Crippen LogP contribution in [-0.2, 0) is 26.1 Å². The predicted octanol–water partition coefficient (Wildman–Crippen LogP) is 2.23. The van der Waals surface area contributed by atoms with Crippen LogP contribution in [0.3, 0.4) is 0 Å². The number of cyclic esters (lactones) is 1. The number of carbonyl (C=O) groups excluding carboxylic acids is 1. The van der Waals surface area contributed by atoms with Gasteiger partial charge in [0, 0.05) is 24.1 Å². The van der Waals surface area contributed by atoms with Gasteiger partial charge in [0.05, 0.1) is 12.5 Å². The van der Waals surface area contributed by atoms with E-state index in [-0.39, 0.29) is 23.4 Å². The Bertz CT molecular complexity index is 1070.